The molecule has 52 heavy (non-hydrogen) atoms. The van der Waals surface area contributed by atoms with Gasteiger partial charge in [0.05, 0.1) is 46.4 Å². The molecule has 0 bridgehead atoms. The van der Waals surface area contributed by atoms with E-state index in [0.29, 0.717) is 74.1 Å². The second kappa shape index (κ2) is 12.7. The van der Waals surface area contributed by atoms with E-state index < -0.39 is 6.43 Å². The van der Waals surface area contributed by atoms with Gasteiger partial charge in [-0.05, 0) is 90.9 Å². The third kappa shape index (κ3) is 5.40. The molecular formula is C39H33F3N6O3S. The van der Waals surface area contributed by atoms with Crippen LogP contribution in [0.2, 0.25) is 0 Å². The molecule has 1 N–H and O–H groups in total. The minimum atomic E-state index is -2.79. The number of thiophene rings is 1. The van der Waals surface area contributed by atoms with Crippen LogP contribution in [0.3, 0.4) is 0 Å². The van der Waals surface area contributed by atoms with Gasteiger partial charge in [0.1, 0.15) is 23.1 Å². The van der Waals surface area contributed by atoms with Gasteiger partial charge in [0.25, 0.3) is 12.3 Å². The molecule has 4 aromatic heterocycles. The number of benzene rings is 2. The summed E-state index contributed by atoms with van der Waals surface area (Å²) in [6.45, 7) is 2.32. The maximum absolute atomic E-state index is 14.4. The van der Waals surface area contributed by atoms with Crippen molar-refractivity contribution in [3.8, 4) is 27.6 Å². The SMILES string of the molecule is COc1cccc2c1CCC2Nc1nc(C(F)F)cc2cc(-c3c4c(nc(CCc5ccc(F)cc5)c3-c3nnc(C)o3)C3CCCN3C4=O)sc12. The Labute approximate surface area is 300 Å². The van der Waals surface area contributed by atoms with Crippen LogP contribution in [0.5, 0.6) is 5.75 Å². The molecule has 1 amide bonds. The van der Waals surface area contributed by atoms with Crippen molar-refractivity contribution in [3.05, 3.63) is 106 Å². The molecule has 1 saturated heterocycles. The second-order valence-electron chi connectivity index (χ2n) is 13.5. The van der Waals surface area contributed by atoms with Gasteiger partial charge in [-0.3, -0.25) is 9.78 Å². The van der Waals surface area contributed by atoms with E-state index in [9.17, 15) is 18.0 Å². The first-order chi connectivity index (χ1) is 25.3. The first-order valence-corrected chi connectivity index (χ1v) is 18.2. The number of amides is 1. The summed E-state index contributed by atoms with van der Waals surface area (Å²) < 4.78 is 54.9. The molecule has 0 radical (unpaired) electrons. The highest BCUT2D eigenvalue weighted by Gasteiger charge is 2.45. The van der Waals surface area contributed by atoms with Crippen LogP contribution in [0.15, 0.2) is 59.0 Å². The van der Waals surface area contributed by atoms with Crippen LogP contribution >= 0.6 is 11.3 Å². The zero-order valence-corrected chi connectivity index (χ0v) is 29.2. The number of carbonyl (C=O) groups is 1. The van der Waals surface area contributed by atoms with E-state index >= 15 is 0 Å². The molecule has 2 aromatic carbocycles. The predicted octanol–water partition coefficient (Wildman–Crippen LogP) is 8.98. The highest BCUT2D eigenvalue weighted by atomic mass is 32.1. The molecule has 9 nitrogen and oxygen atoms in total. The molecule has 2 aliphatic heterocycles. The number of methoxy groups -OCH3 is 1. The molecular weight excluding hydrogens is 690 g/mol. The van der Waals surface area contributed by atoms with Crippen LogP contribution in [0.1, 0.15) is 87.8 Å². The lowest BCUT2D eigenvalue weighted by Gasteiger charge is -2.17. The standard InChI is InChI=1S/C39H33F3N6O3S/c1-19-46-47-38(51-19)31-26(14-10-20-8-11-22(40)12-9-20)43-34-28-6-4-16-48(28)39(49)33(34)32(31)30-18-21-17-27(36(41)42)45-37(35(21)52-30)44-25-15-13-24-23(25)5-3-7-29(24)50-2/h3,5,7-9,11-12,17-18,25,28,36H,4,6,10,13-16H2,1-2H3,(H,44,45). The summed E-state index contributed by atoms with van der Waals surface area (Å²) in [5.41, 5.74) is 5.70. The van der Waals surface area contributed by atoms with Gasteiger partial charge in [0.2, 0.25) is 11.8 Å². The Morgan fingerprint density at radius 3 is 2.65 bits per heavy atom. The number of hydrogen-bond donors (Lipinski definition) is 1. The number of nitrogens with one attached hydrogen (secondary N) is 1. The number of pyridine rings is 2. The highest BCUT2D eigenvalue weighted by Crippen LogP contribution is 2.51. The lowest BCUT2D eigenvalue weighted by molar-refractivity contribution is 0.0776. The monoisotopic (exact) mass is 722 g/mol. The Hall–Kier alpha value is -5.30. The maximum Gasteiger partial charge on any atom is 0.280 e. The topological polar surface area (TPSA) is 106 Å². The fraction of sp³-hybridized carbons (Fsp3) is 0.308. The first-order valence-electron chi connectivity index (χ1n) is 17.4. The number of aryl methyl sites for hydroxylation is 3. The smallest absolute Gasteiger partial charge is 0.280 e. The Balaban J connectivity index is 1.23. The minimum absolute atomic E-state index is 0.124. The van der Waals surface area contributed by atoms with Gasteiger partial charge in [-0.2, -0.15) is 0 Å². The Morgan fingerprint density at radius 1 is 1.04 bits per heavy atom. The summed E-state index contributed by atoms with van der Waals surface area (Å²) in [6, 6.07) is 15.2. The van der Waals surface area contributed by atoms with E-state index in [1.807, 2.05) is 29.2 Å². The summed E-state index contributed by atoms with van der Waals surface area (Å²) in [5, 5.41) is 12.6. The summed E-state index contributed by atoms with van der Waals surface area (Å²) in [5.74, 6) is 1.28. The third-order valence-corrected chi connectivity index (χ3v) is 11.6. The molecule has 13 heteroatoms. The fourth-order valence-electron chi connectivity index (χ4n) is 8.05. The number of hydrogen-bond acceptors (Lipinski definition) is 9. The molecule has 0 saturated carbocycles. The highest BCUT2D eigenvalue weighted by molar-refractivity contribution is 7.23. The molecule has 3 aliphatic rings. The van der Waals surface area contributed by atoms with Crippen LogP contribution in [-0.4, -0.2) is 44.6 Å². The van der Waals surface area contributed by atoms with Gasteiger partial charge in [0, 0.05) is 23.9 Å². The fourth-order valence-corrected chi connectivity index (χ4v) is 9.20. The molecule has 2 unspecified atom stereocenters. The Kier molecular flexibility index (Phi) is 7.98. The summed E-state index contributed by atoms with van der Waals surface area (Å²) in [6.07, 6.45) is 1.39. The number of ether oxygens (including phenoxy) is 1. The van der Waals surface area contributed by atoms with Crippen molar-refractivity contribution < 1.29 is 27.1 Å². The van der Waals surface area contributed by atoms with E-state index in [-0.39, 0.29) is 35.4 Å². The lowest BCUT2D eigenvalue weighted by atomic mass is 9.93. The summed E-state index contributed by atoms with van der Waals surface area (Å²) in [7, 11) is 1.64. The summed E-state index contributed by atoms with van der Waals surface area (Å²) >= 11 is 1.38. The van der Waals surface area contributed by atoms with E-state index in [0.717, 1.165) is 48.1 Å². The number of fused-ring (bicyclic) bond motifs is 5. The zero-order chi connectivity index (χ0) is 35.7. The number of halogens is 3. The molecule has 6 aromatic rings. The number of anilines is 1. The van der Waals surface area contributed by atoms with Gasteiger partial charge in [-0.15, -0.1) is 21.5 Å². The van der Waals surface area contributed by atoms with Crippen LogP contribution < -0.4 is 10.1 Å². The van der Waals surface area contributed by atoms with Crippen molar-refractivity contribution in [2.45, 2.75) is 64.0 Å². The predicted molar refractivity (Wildman–Crippen MR) is 190 cm³/mol. The van der Waals surface area contributed by atoms with Crippen LogP contribution in [0.25, 0.3) is 32.0 Å². The van der Waals surface area contributed by atoms with Gasteiger partial charge < -0.3 is 19.4 Å². The molecule has 264 valence electrons. The molecule has 6 heterocycles. The average molecular weight is 723 g/mol. The van der Waals surface area contributed by atoms with Crippen LogP contribution in [-0.2, 0) is 19.3 Å². The number of nitrogens with zero attached hydrogens (tertiary/aromatic N) is 5. The first kappa shape index (κ1) is 32.6. The maximum atomic E-state index is 14.4. The van der Waals surface area contributed by atoms with Crippen molar-refractivity contribution in [3.63, 3.8) is 0 Å². The molecule has 0 spiro atoms. The van der Waals surface area contributed by atoms with Crippen LogP contribution in [0, 0.1) is 12.7 Å². The number of alkyl halides is 2. The lowest BCUT2D eigenvalue weighted by Crippen LogP contribution is -2.22. The average Bonchev–Trinajstić information content (AvgIpc) is 3.98. The molecule has 2 atom stereocenters. The van der Waals surface area contributed by atoms with Gasteiger partial charge >= 0.3 is 0 Å². The molecule has 1 aliphatic carbocycles. The third-order valence-electron chi connectivity index (χ3n) is 10.4. The largest absolute Gasteiger partial charge is 0.496 e. The van der Waals surface area contributed by atoms with Gasteiger partial charge in [-0.25, -0.2) is 18.2 Å². The van der Waals surface area contributed by atoms with Crippen molar-refractivity contribution >= 4 is 33.1 Å². The van der Waals surface area contributed by atoms with Crippen LogP contribution in [0.4, 0.5) is 19.0 Å². The Morgan fingerprint density at radius 2 is 1.88 bits per heavy atom. The van der Waals surface area contributed by atoms with E-state index in [1.165, 1.54) is 29.5 Å². The number of aromatic nitrogens is 4. The normalized spacial score (nSPS) is 17.7. The second-order valence-corrected chi connectivity index (χ2v) is 14.5. The molecule has 1 fully saturated rings. The van der Waals surface area contributed by atoms with Gasteiger partial charge in [0.15, 0.2) is 0 Å². The van der Waals surface area contributed by atoms with Crippen molar-refractivity contribution in [2.24, 2.45) is 0 Å². The number of carbonyl (C=O) groups excluding carboxylic acids is 1. The van der Waals surface area contributed by atoms with E-state index in [1.54, 1.807) is 26.2 Å². The van der Waals surface area contributed by atoms with E-state index in [2.05, 4.69) is 20.5 Å². The Bertz CT molecular complexity index is 2380. The summed E-state index contributed by atoms with van der Waals surface area (Å²) in [4.78, 5) is 26.4. The number of rotatable bonds is 9. The quantitative estimate of drug-likeness (QED) is 0.158. The molecule has 9 rings (SSSR count). The van der Waals surface area contributed by atoms with Crippen molar-refractivity contribution in [1.82, 2.24) is 25.1 Å². The van der Waals surface area contributed by atoms with Gasteiger partial charge in [-0.1, -0.05) is 24.3 Å². The van der Waals surface area contributed by atoms with Crippen molar-refractivity contribution in [1.29, 1.82) is 0 Å². The van der Waals surface area contributed by atoms with E-state index in [4.69, 9.17) is 14.1 Å². The minimum Gasteiger partial charge on any atom is -0.496 e. The zero-order valence-electron chi connectivity index (χ0n) is 28.4. The van der Waals surface area contributed by atoms with Crippen molar-refractivity contribution in [2.75, 3.05) is 19.0 Å².